The van der Waals surface area contributed by atoms with E-state index in [2.05, 4.69) is 39.6 Å². The first-order valence-electron chi connectivity index (χ1n) is 6.35. The van der Waals surface area contributed by atoms with Crippen LogP contribution in [0.5, 0.6) is 0 Å². The van der Waals surface area contributed by atoms with Crippen molar-refractivity contribution in [2.24, 2.45) is 0 Å². The first-order valence-corrected chi connectivity index (χ1v) is 8.02. The van der Waals surface area contributed by atoms with Crippen molar-refractivity contribution >= 4 is 27.3 Å². The minimum Gasteiger partial charge on any atom is -0.306 e. The van der Waals surface area contributed by atoms with Crippen LogP contribution >= 0.6 is 27.3 Å². The van der Waals surface area contributed by atoms with E-state index >= 15 is 0 Å². The number of thiophene rings is 1. The van der Waals surface area contributed by atoms with Gasteiger partial charge in [0.1, 0.15) is 5.82 Å². The van der Waals surface area contributed by atoms with Gasteiger partial charge in [-0.15, -0.1) is 11.3 Å². The maximum atomic E-state index is 13.7. The predicted octanol–water partition coefficient (Wildman–Crippen LogP) is 5.05. The fourth-order valence-corrected chi connectivity index (χ4v) is 3.49. The van der Waals surface area contributed by atoms with Gasteiger partial charge in [-0.25, -0.2) is 4.39 Å². The number of hydrogen-bond donors (Lipinski definition) is 1. The highest BCUT2D eigenvalue weighted by Crippen LogP contribution is 2.30. The first kappa shape index (κ1) is 14.7. The Morgan fingerprint density at radius 1 is 1.37 bits per heavy atom. The molecule has 0 saturated carbocycles. The molecule has 1 aromatic carbocycles. The lowest BCUT2D eigenvalue weighted by atomic mass is 10.0. The van der Waals surface area contributed by atoms with Gasteiger partial charge in [0.25, 0.3) is 0 Å². The molecule has 2 aromatic rings. The highest BCUT2D eigenvalue weighted by Gasteiger charge is 2.16. The SMILES string of the molecule is CCCNC(c1ccc(C)c(F)c1)c1cc(Br)cs1. The molecule has 0 amide bonds. The van der Waals surface area contributed by atoms with Crippen LogP contribution in [-0.4, -0.2) is 6.54 Å². The minimum absolute atomic E-state index is 0.0614. The fraction of sp³-hybridized carbons (Fsp3) is 0.333. The summed E-state index contributed by atoms with van der Waals surface area (Å²) in [6.07, 6.45) is 1.05. The third kappa shape index (κ3) is 3.65. The van der Waals surface area contributed by atoms with Crippen LogP contribution in [0.25, 0.3) is 0 Å². The van der Waals surface area contributed by atoms with Crippen molar-refractivity contribution in [1.29, 1.82) is 0 Å². The van der Waals surface area contributed by atoms with Gasteiger partial charge in [0.2, 0.25) is 0 Å². The van der Waals surface area contributed by atoms with Crippen LogP contribution < -0.4 is 5.32 Å². The second kappa shape index (κ2) is 6.64. The summed E-state index contributed by atoms with van der Waals surface area (Å²) in [6, 6.07) is 7.63. The third-order valence-corrected chi connectivity index (χ3v) is 4.76. The number of benzene rings is 1. The molecule has 0 aliphatic carbocycles. The van der Waals surface area contributed by atoms with E-state index in [0.717, 1.165) is 23.0 Å². The highest BCUT2D eigenvalue weighted by molar-refractivity contribution is 9.10. The Morgan fingerprint density at radius 3 is 2.74 bits per heavy atom. The molecule has 4 heteroatoms. The molecule has 1 aromatic heterocycles. The molecule has 0 fully saturated rings. The quantitative estimate of drug-likeness (QED) is 0.802. The summed E-state index contributed by atoms with van der Waals surface area (Å²) in [5.74, 6) is -0.142. The summed E-state index contributed by atoms with van der Waals surface area (Å²) >= 11 is 5.16. The van der Waals surface area contributed by atoms with E-state index < -0.39 is 0 Å². The minimum atomic E-state index is -0.142. The molecule has 1 heterocycles. The maximum Gasteiger partial charge on any atom is 0.126 e. The van der Waals surface area contributed by atoms with E-state index in [0.29, 0.717) is 5.56 Å². The molecule has 0 bridgehead atoms. The monoisotopic (exact) mass is 341 g/mol. The van der Waals surface area contributed by atoms with E-state index in [9.17, 15) is 4.39 Å². The van der Waals surface area contributed by atoms with Gasteiger partial charge in [-0.3, -0.25) is 0 Å². The van der Waals surface area contributed by atoms with E-state index in [1.807, 2.05) is 12.1 Å². The summed E-state index contributed by atoms with van der Waals surface area (Å²) < 4.78 is 14.8. The molecule has 1 unspecified atom stereocenters. The fourth-order valence-electron chi connectivity index (χ4n) is 1.94. The summed E-state index contributed by atoms with van der Waals surface area (Å²) in [5.41, 5.74) is 1.66. The zero-order valence-electron chi connectivity index (χ0n) is 11.0. The van der Waals surface area contributed by atoms with Crippen LogP contribution in [-0.2, 0) is 0 Å². The Balaban J connectivity index is 2.33. The lowest BCUT2D eigenvalue weighted by molar-refractivity contribution is 0.587. The molecule has 1 atom stereocenters. The molecule has 19 heavy (non-hydrogen) atoms. The topological polar surface area (TPSA) is 12.0 Å². The molecule has 2 rings (SSSR count). The van der Waals surface area contributed by atoms with Crippen molar-refractivity contribution in [2.75, 3.05) is 6.54 Å². The standard InChI is InChI=1S/C15H17BrFNS/c1-3-6-18-15(14-8-12(16)9-19-14)11-5-4-10(2)13(17)7-11/h4-5,7-9,15,18H,3,6H2,1-2H3. The largest absolute Gasteiger partial charge is 0.306 e. The van der Waals surface area contributed by atoms with Gasteiger partial charge in [0, 0.05) is 14.7 Å². The van der Waals surface area contributed by atoms with Gasteiger partial charge in [0.15, 0.2) is 0 Å². The summed E-state index contributed by atoms with van der Waals surface area (Å²) in [4.78, 5) is 1.20. The van der Waals surface area contributed by atoms with Crippen molar-refractivity contribution in [2.45, 2.75) is 26.3 Å². The Bertz CT molecular complexity index is 553. The van der Waals surface area contributed by atoms with Gasteiger partial charge in [-0.2, -0.15) is 0 Å². The second-order valence-corrected chi connectivity index (χ2v) is 6.42. The van der Waals surface area contributed by atoms with Crippen LogP contribution in [0.1, 0.15) is 35.4 Å². The van der Waals surface area contributed by atoms with E-state index in [1.165, 1.54) is 4.88 Å². The van der Waals surface area contributed by atoms with Crippen LogP contribution in [0.2, 0.25) is 0 Å². The van der Waals surface area contributed by atoms with Crippen molar-refractivity contribution < 1.29 is 4.39 Å². The summed E-state index contributed by atoms with van der Waals surface area (Å²) in [7, 11) is 0. The Hall–Kier alpha value is -0.710. The van der Waals surface area contributed by atoms with Crippen LogP contribution in [0.4, 0.5) is 4.39 Å². The van der Waals surface area contributed by atoms with E-state index in [1.54, 1.807) is 24.3 Å². The van der Waals surface area contributed by atoms with Crippen LogP contribution in [0.3, 0.4) is 0 Å². The average molecular weight is 342 g/mol. The zero-order valence-corrected chi connectivity index (χ0v) is 13.4. The molecule has 0 spiro atoms. The van der Waals surface area contributed by atoms with Gasteiger partial charge in [0.05, 0.1) is 6.04 Å². The molecule has 0 saturated heterocycles. The lowest BCUT2D eigenvalue weighted by Gasteiger charge is -2.18. The van der Waals surface area contributed by atoms with Gasteiger partial charge >= 0.3 is 0 Å². The molecule has 1 N–H and O–H groups in total. The maximum absolute atomic E-state index is 13.7. The number of aryl methyl sites for hydroxylation is 1. The normalized spacial score (nSPS) is 12.6. The number of nitrogens with one attached hydrogen (secondary N) is 1. The van der Waals surface area contributed by atoms with Crippen LogP contribution in [0, 0.1) is 12.7 Å². The van der Waals surface area contributed by atoms with Gasteiger partial charge in [-0.1, -0.05) is 19.1 Å². The molecule has 0 aliphatic heterocycles. The smallest absolute Gasteiger partial charge is 0.126 e. The van der Waals surface area contributed by atoms with Crippen molar-refractivity contribution in [1.82, 2.24) is 5.32 Å². The zero-order chi connectivity index (χ0) is 13.8. The average Bonchev–Trinajstić information content (AvgIpc) is 2.80. The first-order chi connectivity index (χ1) is 9.11. The Kier molecular flexibility index (Phi) is 5.13. The van der Waals surface area contributed by atoms with Crippen molar-refractivity contribution in [3.63, 3.8) is 0 Å². The van der Waals surface area contributed by atoms with Gasteiger partial charge in [-0.05, 0) is 59.1 Å². The lowest BCUT2D eigenvalue weighted by Crippen LogP contribution is -2.22. The molecule has 0 radical (unpaired) electrons. The summed E-state index contributed by atoms with van der Waals surface area (Å²) in [5, 5.41) is 5.54. The molecular weight excluding hydrogens is 325 g/mol. The number of hydrogen-bond acceptors (Lipinski definition) is 2. The second-order valence-electron chi connectivity index (χ2n) is 4.56. The van der Waals surface area contributed by atoms with Crippen molar-refractivity contribution in [3.8, 4) is 0 Å². The number of halogens is 2. The highest BCUT2D eigenvalue weighted by atomic mass is 79.9. The Morgan fingerprint density at radius 2 is 2.16 bits per heavy atom. The summed E-state index contributed by atoms with van der Waals surface area (Å²) in [6.45, 7) is 4.83. The van der Waals surface area contributed by atoms with Crippen LogP contribution in [0.15, 0.2) is 34.1 Å². The van der Waals surface area contributed by atoms with Crippen molar-refractivity contribution in [3.05, 3.63) is 55.9 Å². The number of rotatable bonds is 5. The molecule has 1 nitrogen and oxygen atoms in total. The Labute approximate surface area is 126 Å². The predicted molar refractivity (Wildman–Crippen MR) is 83.3 cm³/mol. The van der Waals surface area contributed by atoms with E-state index in [4.69, 9.17) is 0 Å². The van der Waals surface area contributed by atoms with Gasteiger partial charge < -0.3 is 5.32 Å². The molecular formula is C15H17BrFNS. The molecule has 0 aliphatic rings. The van der Waals surface area contributed by atoms with E-state index in [-0.39, 0.29) is 11.9 Å². The third-order valence-electron chi connectivity index (χ3n) is 3.00. The molecule has 102 valence electrons.